The number of para-hydroxylation sites is 1. The summed E-state index contributed by atoms with van der Waals surface area (Å²) < 4.78 is 19.4. The van der Waals surface area contributed by atoms with E-state index < -0.39 is 0 Å². The normalized spacial score (nSPS) is 15.1. The molecular weight excluding hydrogens is 229 g/mol. The van der Waals surface area contributed by atoms with E-state index in [4.69, 9.17) is 4.74 Å². The van der Waals surface area contributed by atoms with Crippen LogP contribution in [0.5, 0.6) is 5.75 Å². The van der Waals surface area contributed by atoms with Crippen LogP contribution in [0.3, 0.4) is 0 Å². The first-order valence-electron chi connectivity index (χ1n) is 6.80. The molecule has 2 rings (SSSR count). The monoisotopic (exact) mass is 251 g/mol. The summed E-state index contributed by atoms with van der Waals surface area (Å²) in [5.74, 6) is 0.981. The summed E-state index contributed by atoms with van der Waals surface area (Å²) in [5, 5.41) is 3.29. The molecule has 18 heavy (non-hydrogen) atoms. The highest BCUT2D eigenvalue weighted by atomic mass is 19.1. The van der Waals surface area contributed by atoms with Crippen LogP contribution in [0.1, 0.15) is 38.7 Å². The number of rotatable bonds is 7. The fourth-order valence-corrected chi connectivity index (χ4v) is 1.90. The lowest BCUT2D eigenvalue weighted by Crippen LogP contribution is -2.22. The molecule has 0 saturated heterocycles. The SMILES string of the molecule is CC(C)NCc1cccc(F)c1OCCC1CC1. The molecule has 0 aromatic heterocycles. The van der Waals surface area contributed by atoms with E-state index in [-0.39, 0.29) is 5.82 Å². The van der Waals surface area contributed by atoms with Crippen molar-refractivity contribution in [2.45, 2.75) is 45.7 Å². The molecule has 1 aromatic carbocycles. The molecule has 2 nitrogen and oxygen atoms in total. The van der Waals surface area contributed by atoms with Crippen molar-refractivity contribution >= 4 is 0 Å². The van der Waals surface area contributed by atoms with Crippen LogP contribution in [0.4, 0.5) is 4.39 Å². The van der Waals surface area contributed by atoms with Gasteiger partial charge in [0.05, 0.1) is 6.61 Å². The zero-order valence-corrected chi connectivity index (χ0v) is 11.2. The molecule has 1 N–H and O–H groups in total. The Bertz CT molecular complexity index is 388. The van der Waals surface area contributed by atoms with E-state index in [2.05, 4.69) is 19.2 Å². The van der Waals surface area contributed by atoms with E-state index in [1.165, 1.54) is 18.9 Å². The molecule has 0 heterocycles. The lowest BCUT2D eigenvalue weighted by molar-refractivity contribution is 0.284. The first-order valence-corrected chi connectivity index (χ1v) is 6.80. The van der Waals surface area contributed by atoms with Crippen molar-refractivity contribution in [1.82, 2.24) is 5.32 Å². The average Bonchev–Trinajstić information content (AvgIpc) is 3.13. The van der Waals surface area contributed by atoms with E-state index in [9.17, 15) is 4.39 Å². The molecule has 0 amide bonds. The second-order valence-corrected chi connectivity index (χ2v) is 5.34. The third-order valence-corrected chi connectivity index (χ3v) is 3.22. The Balaban J connectivity index is 1.95. The molecule has 0 atom stereocenters. The highest BCUT2D eigenvalue weighted by molar-refractivity contribution is 5.34. The highest BCUT2D eigenvalue weighted by Gasteiger charge is 2.21. The minimum absolute atomic E-state index is 0.256. The summed E-state index contributed by atoms with van der Waals surface area (Å²) in [7, 11) is 0. The van der Waals surface area contributed by atoms with Crippen molar-refractivity contribution in [2.24, 2.45) is 5.92 Å². The molecule has 1 aliphatic carbocycles. The number of nitrogens with one attached hydrogen (secondary N) is 1. The minimum Gasteiger partial charge on any atom is -0.490 e. The first-order chi connectivity index (χ1) is 8.66. The molecule has 0 unspecified atom stereocenters. The zero-order chi connectivity index (χ0) is 13.0. The van der Waals surface area contributed by atoms with Crippen LogP contribution in [0, 0.1) is 11.7 Å². The molecule has 0 bridgehead atoms. The Kier molecular flexibility index (Phi) is 4.59. The van der Waals surface area contributed by atoms with E-state index >= 15 is 0 Å². The van der Waals surface area contributed by atoms with Gasteiger partial charge in [0.15, 0.2) is 11.6 Å². The van der Waals surface area contributed by atoms with Gasteiger partial charge in [-0.2, -0.15) is 0 Å². The van der Waals surface area contributed by atoms with Gasteiger partial charge in [0, 0.05) is 18.2 Å². The lowest BCUT2D eigenvalue weighted by Gasteiger charge is -2.14. The molecule has 1 saturated carbocycles. The maximum Gasteiger partial charge on any atom is 0.165 e. The summed E-state index contributed by atoms with van der Waals surface area (Å²) >= 11 is 0. The van der Waals surface area contributed by atoms with Gasteiger partial charge in [0.25, 0.3) is 0 Å². The van der Waals surface area contributed by atoms with Gasteiger partial charge in [0.1, 0.15) is 0 Å². The van der Waals surface area contributed by atoms with Crippen molar-refractivity contribution in [1.29, 1.82) is 0 Å². The van der Waals surface area contributed by atoms with Gasteiger partial charge in [-0.25, -0.2) is 4.39 Å². The zero-order valence-electron chi connectivity index (χ0n) is 11.2. The molecular formula is C15H22FNO. The van der Waals surface area contributed by atoms with Gasteiger partial charge in [-0.1, -0.05) is 38.8 Å². The Morgan fingerprint density at radius 2 is 2.17 bits per heavy atom. The van der Waals surface area contributed by atoms with E-state index in [0.29, 0.717) is 24.9 Å². The van der Waals surface area contributed by atoms with Gasteiger partial charge in [-0.15, -0.1) is 0 Å². The number of benzene rings is 1. The van der Waals surface area contributed by atoms with Crippen LogP contribution in [-0.4, -0.2) is 12.6 Å². The Hall–Kier alpha value is -1.09. The molecule has 1 aromatic rings. The van der Waals surface area contributed by atoms with Gasteiger partial charge < -0.3 is 10.1 Å². The molecule has 0 radical (unpaired) electrons. The van der Waals surface area contributed by atoms with E-state index in [1.807, 2.05) is 6.07 Å². The third-order valence-electron chi connectivity index (χ3n) is 3.22. The fraction of sp³-hybridized carbons (Fsp3) is 0.600. The molecule has 0 spiro atoms. The van der Waals surface area contributed by atoms with Crippen LogP contribution < -0.4 is 10.1 Å². The quantitative estimate of drug-likeness (QED) is 0.800. The third kappa shape index (κ3) is 3.98. The van der Waals surface area contributed by atoms with E-state index in [0.717, 1.165) is 17.9 Å². The maximum absolute atomic E-state index is 13.8. The van der Waals surface area contributed by atoms with Gasteiger partial charge in [-0.3, -0.25) is 0 Å². The van der Waals surface area contributed by atoms with Crippen LogP contribution in [0.15, 0.2) is 18.2 Å². The molecule has 0 aliphatic heterocycles. The highest BCUT2D eigenvalue weighted by Crippen LogP contribution is 2.32. The molecule has 1 aliphatic rings. The van der Waals surface area contributed by atoms with Crippen molar-refractivity contribution in [3.8, 4) is 5.75 Å². The van der Waals surface area contributed by atoms with Gasteiger partial charge in [-0.05, 0) is 18.4 Å². The Labute approximate surface area is 109 Å². The predicted molar refractivity (Wildman–Crippen MR) is 71.2 cm³/mol. The number of ether oxygens (including phenoxy) is 1. The van der Waals surface area contributed by atoms with Crippen LogP contribution in [0.2, 0.25) is 0 Å². The Morgan fingerprint density at radius 3 is 2.83 bits per heavy atom. The molecule has 100 valence electrons. The largest absolute Gasteiger partial charge is 0.490 e. The summed E-state index contributed by atoms with van der Waals surface area (Å²) in [6.45, 7) is 5.42. The minimum atomic E-state index is -0.256. The van der Waals surface area contributed by atoms with Gasteiger partial charge >= 0.3 is 0 Å². The predicted octanol–water partition coefficient (Wildman–Crippen LogP) is 3.50. The smallest absolute Gasteiger partial charge is 0.165 e. The number of hydrogen-bond donors (Lipinski definition) is 1. The van der Waals surface area contributed by atoms with Crippen LogP contribution in [0.25, 0.3) is 0 Å². The second-order valence-electron chi connectivity index (χ2n) is 5.34. The van der Waals surface area contributed by atoms with Crippen LogP contribution >= 0.6 is 0 Å². The summed E-state index contributed by atoms with van der Waals surface area (Å²) in [6.07, 6.45) is 3.66. The molecule has 3 heteroatoms. The maximum atomic E-state index is 13.8. The fourth-order valence-electron chi connectivity index (χ4n) is 1.90. The number of hydrogen-bond acceptors (Lipinski definition) is 2. The Morgan fingerprint density at radius 1 is 1.39 bits per heavy atom. The first kappa shape index (κ1) is 13.3. The summed E-state index contributed by atoms with van der Waals surface area (Å²) in [4.78, 5) is 0. The van der Waals surface area contributed by atoms with Crippen molar-refractivity contribution in [3.05, 3.63) is 29.6 Å². The topological polar surface area (TPSA) is 21.3 Å². The van der Waals surface area contributed by atoms with Crippen molar-refractivity contribution < 1.29 is 9.13 Å². The average molecular weight is 251 g/mol. The van der Waals surface area contributed by atoms with E-state index in [1.54, 1.807) is 6.07 Å². The number of halogens is 1. The van der Waals surface area contributed by atoms with Crippen molar-refractivity contribution in [3.63, 3.8) is 0 Å². The van der Waals surface area contributed by atoms with Crippen molar-refractivity contribution in [2.75, 3.05) is 6.61 Å². The lowest BCUT2D eigenvalue weighted by atomic mass is 10.2. The standard InChI is InChI=1S/C15H22FNO/c1-11(2)17-10-13-4-3-5-14(16)15(13)18-9-8-12-6-7-12/h3-5,11-12,17H,6-10H2,1-2H3. The second kappa shape index (κ2) is 6.19. The summed E-state index contributed by atoms with van der Waals surface area (Å²) in [5.41, 5.74) is 0.902. The van der Waals surface area contributed by atoms with Gasteiger partial charge in [0.2, 0.25) is 0 Å². The van der Waals surface area contributed by atoms with Crippen LogP contribution in [-0.2, 0) is 6.54 Å². The summed E-state index contributed by atoms with van der Waals surface area (Å²) in [6, 6.07) is 5.50. The molecule has 1 fully saturated rings.